The molecule has 3 heterocycles. The molecule has 5 rings (SSSR count). The third-order valence-corrected chi connectivity index (χ3v) is 6.12. The second kappa shape index (κ2) is 8.80. The Morgan fingerprint density at radius 1 is 1.00 bits per heavy atom. The van der Waals surface area contributed by atoms with Gasteiger partial charge in [-0.3, -0.25) is 4.99 Å². The molecule has 1 aliphatic carbocycles. The first-order valence-corrected chi connectivity index (χ1v) is 11.2. The van der Waals surface area contributed by atoms with Crippen molar-refractivity contribution in [1.82, 2.24) is 19.9 Å². The molecule has 2 aromatic rings. The third kappa shape index (κ3) is 5.14. The van der Waals surface area contributed by atoms with Crippen LogP contribution < -0.4 is 15.5 Å². The average Bonchev–Trinajstić information content (AvgIpc) is 3.53. The van der Waals surface area contributed by atoms with E-state index < -0.39 is 0 Å². The van der Waals surface area contributed by atoms with Gasteiger partial charge in [-0.2, -0.15) is 15.0 Å². The number of amidine groups is 1. The quantitative estimate of drug-likeness (QED) is 0.717. The fourth-order valence-electron chi connectivity index (χ4n) is 3.77. The number of hydrogen-bond donors (Lipinski definition) is 2. The van der Waals surface area contributed by atoms with E-state index in [1.54, 1.807) is 0 Å². The number of nitrogens with one attached hydrogen (secondary N) is 2. The topological polar surface area (TPSA) is 81.6 Å². The molecule has 0 radical (unpaired) electrons. The second-order valence-corrected chi connectivity index (χ2v) is 8.81. The predicted octanol–water partition coefficient (Wildman–Crippen LogP) is 3.05. The van der Waals surface area contributed by atoms with E-state index in [-0.39, 0.29) is 0 Å². The molecule has 31 heavy (non-hydrogen) atoms. The molecule has 9 heteroatoms. The summed E-state index contributed by atoms with van der Waals surface area (Å²) in [4.78, 5) is 23.1. The van der Waals surface area contributed by atoms with Crippen molar-refractivity contribution in [3.8, 4) is 0 Å². The van der Waals surface area contributed by atoms with Gasteiger partial charge < -0.3 is 20.4 Å². The van der Waals surface area contributed by atoms with Crippen molar-refractivity contribution < 1.29 is 0 Å². The van der Waals surface area contributed by atoms with Crippen LogP contribution in [0.4, 0.5) is 17.8 Å². The number of likely N-dealkylation sites (N-methyl/N-ethyl adjacent to an activating group) is 1. The van der Waals surface area contributed by atoms with E-state index in [0.717, 1.165) is 55.1 Å². The fraction of sp³-hybridized carbons (Fsp3) is 0.455. The summed E-state index contributed by atoms with van der Waals surface area (Å²) in [5, 5.41) is 7.36. The molecule has 0 spiro atoms. The van der Waals surface area contributed by atoms with Gasteiger partial charge in [0.05, 0.1) is 6.54 Å². The summed E-state index contributed by atoms with van der Waals surface area (Å²) in [5.74, 6) is 3.31. The number of anilines is 3. The van der Waals surface area contributed by atoms with Crippen LogP contribution in [0, 0.1) is 5.92 Å². The molecule has 1 aromatic heterocycles. The average molecular weight is 439 g/mol. The van der Waals surface area contributed by atoms with Crippen LogP contribution in [0.1, 0.15) is 18.4 Å². The number of nitrogens with zero attached hydrogens (tertiary/aromatic N) is 6. The number of aliphatic imine (C=N–C) groups is 1. The number of rotatable bonds is 6. The van der Waals surface area contributed by atoms with Gasteiger partial charge in [-0.25, -0.2) is 0 Å². The highest BCUT2D eigenvalue weighted by Crippen LogP contribution is 2.37. The lowest BCUT2D eigenvalue weighted by Gasteiger charge is -2.32. The Labute approximate surface area is 187 Å². The normalized spacial score (nSPS) is 19.2. The van der Waals surface area contributed by atoms with E-state index in [1.165, 1.54) is 18.4 Å². The molecule has 1 aromatic carbocycles. The van der Waals surface area contributed by atoms with Crippen molar-refractivity contribution >= 4 is 35.3 Å². The Morgan fingerprint density at radius 3 is 2.48 bits per heavy atom. The Kier molecular flexibility index (Phi) is 5.74. The van der Waals surface area contributed by atoms with Crippen molar-refractivity contribution in [2.75, 3.05) is 55.3 Å². The summed E-state index contributed by atoms with van der Waals surface area (Å²) in [6.07, 6.45) is 4.72. The number of aromatic nitrogens is 3. The second-order valence-electron chi connectivity index (χ2n) is 8.37. The van der Waals surface area contributed by atoms with Crippen LogP contribution in [0.25, 0.3) is 0 Å². The molecule has 162 valence electrons. The lowest BCUT2D eigenvalue weighted by Crippen LogP contribution is -2.45. The van der Waals surface area contributed by atoms with Crippen LogP contribution in [-0.2, 0) is 6.54 Å². The number of benzene rings is 1. The minimum absolute atomic E-state index is 0.523. The standard InChI is InChI=1S/C22H27ClN8/c1-30-8-10-31(11-9-30)22-28-20(25-13-15-2-6-18(23)7-3-15)27-21(29-22)26-19-12-17(14-24-19)16-4-5-16/h2-3,6-7,12,16H,4-5,8-11,13-14H2,1H3,(H2,24,25,26,27,28,29). The Morgan fingerprint density at radius 2 is 1.74 bits per heavy atom. The summed E-state index contributed by atoms with van der Waals surface area (Å²) >= 11 is 5.99. The highest BCUT2D eigenvalue weighted by Gasteiger charge is 2.28. The van der Waals surface area contributed by atoms with Crippen molar-refractivity contribution in [3.63, 3.8) is 0 Å². The van der Waals surface area contributed by atoms with Gasteiger partial charge in [0.2, 0.25) is 17.8 Å². The highest BCUT2D eigenvalue weighted by atomic mass is 35.5. The van der Waals surface area contributed by atoms with Crippen LogP contribution in [-0.4, -0.2) is 65.5 Å². The molecule has 3 aliphatic rings. The van der Waals surface area contributed by atoms with Gasteiger partial charge >= 0.3 is 0 Å². The van der Waals surface area contributed by atoms with Gasteiger partial charge in [0, 0.05) is 37.7 Å². The first-order valence-electron chi connectivity index (χ1n) is 10.8. The lowest BCUT2D eigenvalue weighted by molar-refractivity contribution is 0.311. The molecule has 1 saturated carbocycles. The Hall–Kier alpha value is -2.71. The summed E-state index contributed by atoms with van der Waals surface area (Å²) in [5.41, 5.74) is 2.52. The molecule has 2 N–H and O–H groups in total. The van der Waals surface area contributed by atoms with Crippen molar-refractivity contribution in [2.24, 2.45) is 10.9 Å². The van der Waals surface area contributed by atoms with Gasteiger partial charge in [0.25, 0.3) is 0 Å². The zero-order valence-electron chi connectivity index (χ0n) is 17.7. The first kappa shape index (κ1) is 20.2. The third-order valence-electron chi connectivity index (χ3n) is 5.87. The first-order chi connectivity index (χ1) is 15.1. The monoisotopic (exact) mass is 438 g/mol. The largest absolute Gasteiger partial charge is 0.350 e. The highest BCUT2D eigenvalue weighted by molar-refractivity contribution is 6.30. The van der Waals surface area contributed by atoms with Gasteiger partial charge in [0.1, 0.15) is 5.84 Å². The van der Waals surface area contributed by atoms with Gasteiger partial charge in [0.15, 0.2) is 0 Å². The number of halogens is 1. The predicted molar refractivity (Wildman–Crippen MR) is 125 cm³/mol. The molecule has 0 bridgehead atoms. The van der Waals surface area contributed by atoms with E-state index in [0.29, 0.717) is 24.4 Å². The molecular weight excluding hydrogens is 412 g/mol. The number of piperazine rings is 1. The lowest BCUT2D eigenvalue weighted by atomic mass is 10.2. The summed E-state index contributed by atoms with van der Waals surface area (Å²) in [6.45, 7) is 5.15. The molecule has 2 aliphatic heterocycles. The SMILES string of the molecule is CN1CCN(c2nc(NCc3ccc(Cl)cc3)nc(NC3=NCC(C4CC4)=C3)n2)CC1. The Balaban J connectivity index is 1.34. The van der Waals surface area contributed by atoms with Crippen molar-refractivity contribution in [2.45, 2.75) is 19.4 Å². The van der Waals surface area contributed by atoms with E-state index in [1.807, 2.05) is 24.3 Å². The van der Waals surface area contributed by atoms with Crippen LogP contribution in [0.2, 0.25) is 5.02 Å². The van der Waals surface area contributed by atoms with Crippen molar-refractivity contribution in [1.29, 1.82) is 0 Å². The smallest absolute Gasteiger partial charge is 0.234 e. The summed E-state index contributed by atoms with van der Waals surface area (Å²) in [7, 11) is 2.14. The van der Waals surface area contributed by atoms with E-state index >= 15 is 0 Å². The molecule has 1 saturated heterocycles. The van der Waals surface area contributed by atoms with Crippen LogP contribution in [0.3, 0.4) is 0 Å². The molecule has 0 unspecified atom stereocenters. The minimum Gasteiger partial charge on any atom is -0.350 e. The molecule has 0 amide bonds. The summed E-state index contributed by atoms with van der Waals surface area (Å²) in [6, 6.07) is 7.76. The maximum absolute atomic E-state index is 5.99. The molecule has 8 nitrogen and oxygen atoms in total. The maximum Gasteiger partial charge on any atom is 0.234 e. The van der Waals surface area contributed by atoms with Crippen LogP contribution in [0.5, 0.6) is 0 Å². The fourth-order valence-corrected chi connectivity index (χ4v) is 3.89. The van der Waals surface area contributed by atoms with E-state index in [2.05, 4.69) is 43.5 Å². The molecule has 0 atom stereocenters. The minimum atomic E-state index is 0.523. The molecular formula is C22H27ClN8. The Bertz CT molecular complexity index is 991. The van der Waals surface area contributed by atoms with Gasteiger partial charge in [-0.1, -0.05) is 23.7 Å². The van der Waals surface area contributed by atoms with Crippen LogP contribution >= 0.6 is 11.6 Å². The van der Waals surface area contributed by atoms with E-state index in [9.17, 15) is 0 Å². The van der Waals surface area contributed by atoms with E-state index in [4.69, 9.17) is 21.6 Å². The van der Waals surface area contributed by atoms with Gasteiger partial charge in [-0.15, -0.1) is 0 Å². The summed E-state index contributed by atoms with van der Waals surface area (Å²) < 4.78 is 0. The van der Waals surface area contributed by atoms with Crippen molar-refractivity contribution in [3.05, 3.63) is 46.5 Å². The van der Waals surface area contributed by atoms with Crippen LogP contribution in [0.15, 0.2) is 40.9 Å². The maximum atomic E-state index is 5.99. The molecule has 2 fully saturated rings. The zero-order chi connectivity index (χ0) is 21.2. The zero-order valence-corrected chi connectivity index (χ0v) is 18.4. The number of hydrogen-bond acceptors (Lipinski definition) is 8. The van der Waals surface area contributed by atoms with Gasteiger partial charge in [-0.05, 0) is 55.2 Å².